The maximum absolute atomic E-state index is 13.9. The molecule has 6 heterocycles. The number of hydrogen-bond acceptors (Lipinski definition) is 15. The number of hydrogen-bond donors (Lipinski definition) is 3. The quantitative estimate of drug-likeness (QED) is 0.0446. The highest BCUT2D eigenvalue weighted by atomic mass is 32.2. The van der Waals surface area contributed by atoms with Gasteiger partial charge in [0.1, 0.15) is 38.5 Å². The van der Waals surface area contributed by atoms with Gasteiger partial charge in [0.25, 0.3) is 6.43 Å². The predicted octanol–water partition coefficient (Wildman–Crippen LogP) is 8.67. The topological polar surface area (TPSA) is 200 Å². The smallest absolute Gasteiger partial charge is 0.434 e. The SMILES string of the molecule is COc1ncnc(C2CC2)c1-c1nccc(N(CCN2C(C)CN(c3cc(S(=O)(=O)NC4(C)CC4)cn4c(C(=N)SC(=N)C(F)F)ncc34)CC2C)Cc2ccc(-c3nc(C(F)(F)F)cn3C(C)C)cc2)n1. The monoisotopic (exact) mass is 1030 g/mol. The molecular formula is C48H55F5N14O3S2. The van der Waals surface area contributed by atoms with E-state index in [0.29, 0.717) is 85.4 Å². The number of piperazine rings is 1. The average molecular weight is 1040 g/mol. The van der Waals surface area contributed by atoms with Gasteiger partial charge in [-0.3, -0.25) is 20.1 Å². The summed E-state index contributed by atoms with van der Waals surface area (Å²) in [4.78, 5) is 33.6. The van der Waals surface area contributed by atoms with Gasteiger partial charge in [0.15, 0.2) is 17.3 Å². The van der Waals surface area contributed by atoms with Gasteiger partial charge in [-0.15, -0.1) is 0 Å². The standard InChI is InChI=1S/C48H55F5N14O3S2/c1-27(2)66-25-36(48(51,52)53)60-44(66)32-9-7-30(8-10-32)23-63(37-13-16-56-43(61-37)38-39(31-11-12-31)58-26-59-46(38)70-6)17-18-65-28(3)21-64(22-29(65)4)34-19-33(72(68,69)62-47(5)14-15-47)24-67-35(34)20-57-45(67)42(55)71-41(54)40(49)50/h7-10,13,16,19-20,24-29,31,40,54-55,62H,11-12,14-15,17-18,21-23H2,1-6H3. The Morgan fingerprint density at radius 3 is 2.33 bits per heavy atom. The molecule has 0 bridgehead atoms. The number of ether oxygens (including phenoxy) is 1. The second-order valence-electron chi connectivity index (χ2n) is 19.2. The molecule has 3 fully saturated rings. The Hall–Kier alpha value is -6.11. The van der Waals surface area contributed by atoms with Crippen molar-refractivity contribution in [1.82, 2.24) is 48.5 Å². The van der Waals surface area contributed by atoms with Crippen LogP contribution in [0.3, 0.4) is 0 Å². The molecular weight excluding hydrogens is 980 g/mol. The van der Waals surface area contributed by atoms with Crippen LogP contribution < -0.4 is 19.3 Å². The summed E-state index contributed by atoms with van der Waals surface area (Å²) in [6.45, 7) is 11.9. The van der Waals surface area contributed by atoms with Crippen molar-refractivity contribution < 1.29 is 35.1 Å². The Morgan fingerprint density at radius 2 is 1.71 bits per heavy atom. The number of thioether (sulfide) groups is 1. The van der Waals surface area contributed by atoms with Crippen molar-refractivity contribution in [2.75, 3.05) is 43.1 Å². The number of alkyl halides is 5. The van der Waals surface area contributed by atoms with Gasteiger partial charge in [-0.1, -0.05) is 24.3 Å². The van der Waals surface area contributed by atoms with Crippen LogP contribution in [-0.4, -0.2) is 120 Å². The molecule has 2 unspecified atom stereocenters. The van der Waals surface area contributed by atoms with Crippen molar-refractivity contribution in [2.45, 2.75) is 114 Å². The number of nitrogens with one attached hydrogen (secondary N) is 3. The lowest BCUT2D eigenvalue weighted by molar-refractivity contribution is -0.140. The summed E-state index contributed by atoms with van der Waals surface area (Å²) in [6.07, 6.45) is 2.65. The third kappa shape index (κ3) is 10.7. The molecule has 0 radical (unpaired) electrons. The van der Waals surface area contributed by atoms with Gasteiger partial charge in [-0.2, -0.15) is 13.2 Å². The highest BCUT2D eigenvalue weighted by molar-refractivity contribution is 8.26. The lowest BCUT2D eigenvalue weighted by Crippen LogP contribution is -2.58. The van der Waals surface area contributed by atoms with Crippen LogP contribution in [0.5, 0.6) is 5.88 Å². The molecule has 9 rings (SSSR count). The number of sulfonamides is 1. The number of halogens is 5. The van der Waals surface area contributed by atoms with E-state index in [1.165, 1.54) is 27.7 Å². The van der Waals surface area contributed by atoms with Gasteiger partial charge in [0.05, 0.1) is 30.2 Å². The molecule has 2 saturated carbocycles. The normalized spacial score (nSPS) is 18.3. The second-order valence-corrected chi connectivity index (χ2v) is 22.0. The summed E-state index contributed by atoms with van der Waals surface area (Å²) in [7, 11) is -2.54. The number of fused-ring (bicyclic) bond motifs is 1. The Labute approximate surface area is 417 Å². The first-order valence-electron chi connectivity index (χ1n) is 23.5. The Bertz CT molecular complexity index is 3110. The maximum atomic E-state index is 13.9. The molecule has 2 aliphatic carbocycles. The molecule has 382 valence electrons. The minimum absolute atomic E-state index is 0.0712. The lowest BCUT2D eigenvalue weighted by atomic mass is 10.1. The predicted molar refractivity (Wildman–Crippen MR) is 265 cm³/mol. The van der Waals surface area contributed by atoms with E-state index >= 15 is 0 Å². The van der Waals surface area contributed by atoms with Crippen molar-refractivity contribution >= 4 is 48.9 Å². The highest BCUT2D eigenvalue weighted by Gasteiger charge is 2.42. The van der Waals surface area contributed by atoms with Crippen molar-refractivity contribution in [2.24, 2.45) is 0 Å². The van der Waals surface area contributed by atoms with Crippen LogP contribution in [0.4, 0.5) is 33.5 Å². The number of anilines is 2. The zero-order valence-electron chi connectivity index (χ0n) is 40.5. The minimum Gasteiger partial charge on any atom is -0.480 e. The Morgan fingerprint density at radius 1 is 1.00 bits per heavy atom. The molecule has 0 spiro atoms. The van der Waals surface area contributed by atoms with Crippen molar-refractivity contribution in [3.05, 3.63) is 90.3 Å². The van der Waals surface area contributed by atoms with Gasteiger partial charge in [-0.25, -0.2) is 51.8 Å². The summed E-state index contributed by atoms with van der Waals surface area (Å²) in [5.41, 5.74) is 2.30. The fraction of sp³-hybridized carbons (Fsp3) is 0.458. The number of benzene rings is 1. The lowest BCUT2D eigenvalue weighted by Gasteiger charge is -2.46. The van der Waals surface area contributed by atoms with Gasteiger partial charge in [0.2, 0.25) is 15.9 Å². The largest absolute Gasteiger partial charge is 0.480 e. The van der Waals surface area contributed by atoms with E-state index in [4.69, 9.17) is 20.5 Å². The van der Waals surface area contributed by atoms with Gasteiger partial charge in [-0.05, 0) is 89.8 Å². The van der Waals surface area contributed by atoms with E-state index in [1.807, 2.05) is 25.1 Å². The first kappa shape index (κ1) is 50.8. The van der Waals surface area contributed by atoms with E-state index in [0.717, 1.165) is 30.3 Å². The zero-order chi connectivity index (χ0) is 51.4. The molecule has 3 N–H and O–H groups in total. The Balaban J connectivity index is 1.01. The summed E-state index contributed by atoms with van der Waals surface area (Å²) in [5.74, 6) is 1.76. The molecule has 3 aliphatic rings. The third-order valence-electron chi connectivity index (χ3n) is 13.3. The summed E-state index contributed by atoms with van der Waals surface area (Å²) >= 11 is 0.257. The molecule has 2 atom stereocenters. The third-order valence-corrected chi connectivity index (χ3v) is 15.7. The average Bonchev–Trinajstić information content (AvgIpc) is 4.21. The molecule has 1 aromatic carbocycles. The molecule has 5 aromatic heterocycles. The molecule has 0 amide bonds. The van der Waals surface area contributed by atoms with Crippen LogP contribution >= 0.6 is 11.8 Å². The van der Waals surface area contributed by atoms with E-state index in [2.05, 4.69) is 58.2 Å². The zero-order valence-corrected chi connectivity index (χ0v) is 42.1. The van der Waals surface area contributed by atoms with E-state index in [9.17, 15) is 30.4 Å². The van der Waals surface area contributed by atoms with Crippen LogP contribution in [-0.2, 0) is 22.7 Å². The van der Waals surface area contributed by atoms with Gasteiger partial charge in [0, 0.05) is 86.5 Å². The summed E-state index contributed by atoms with van der Waals surface area (Å²) < 4.78 is 107. The first-order chi connectivity index (χ1) is 34.1. The van der Waals surface area contributed by atoms with Gasteiger partial charge >= 0.3 is 6.18 Å². The molecule has 1 aliphatic heterocycles. The second kappa shape index (κ2) is 19.7. The van der Waals surface area contributed by atoms with Crippen molar-refractivity contribution in [3.8, 4) is 28.7 Å². The molecule has 1 saturated heterocycles. The fourth-order valence-corrected chi connectivity index (χ4v) is 11.2. The number of methoxy groups -OCH3 is 1. The van der Waals surface area contributed by atoms with Crippen molar-refractivity contribution in [3.63, 3.8) is 0 Å². The minimum atomic E-state index is -4.60. The van der Waals surface area contributed by atoms with Crippen LogP contribution in [0.1, 0.15) is 95.0 Å². The van der Waals surface area contributed by atoms with Gasteiger partial charge < -0.3 is 19.1 Å². The first-order valence-corrected chi connectivity index (χ1v) is 25.8. The van der Waals surface area contributed by atoms with Crippen LogP contribution in [0, 0.1) is 10.8 Å². The molecule has 17 nitrogen and oxygen atoms in total. The highest BCUT2D eigenvalue weighted by Crippen LogP contribution is 2.45. The number of aromatic nitrogens is 8. The van der Waals surface area contributed by atoms with Crippen LogP contribution in [0.25, 0.3) is 28.3 Å². The summed E-state index contributed by atoms with van der Waals surface area (Å²) in [5, 5.41) is 14.8. The van der Waals surface area contributed by atoms with Crippen LogP contribution in [0.15, 0.2) is 72.4 Å². The molecule has 72 heavy (non-hydrogen) atoms. The van der Waals surface area contributed by atoms with E-state index in [1.54, 1.807) is 45.4 Å². The number of pyridine rings is 1. The fourth-order valence-electron chi connectivity index (χ4n) is 9.18. The Kier molecular flexibility index (Phi) is 13.9. The number of imidazole rings is 2. The number of nitrogens with zero attached hydrogens (tertiary/aromatic N) is 11. The van der Waals surface area contributed by atoms with E-state index in [-0.39, 0.29) is 52.3 Å². The summed E-state index contributed by atoms with van der Waals surface area (Å²) in [6, 6.07) is 10.3. The molecule has 24 heteroatoms. The van der Waals surface area contributed by atoms with E-state index < -0.39 is 43.9 Å². The van der Waals surface area contributed by atoms with Crippen molar-refractivity contribution in [1.29, 1.82) is 10.8 Å². The number of rotatable bonds is 17. The molecule has 6 aromatic rings. The van der Waals surface area contributed by atoms with Crippen LogP contribution in [0.2, 0.25) is 0 Å². The maximum Gasteiger partial charge on any atom is 0.434 e.